The fourth-order valence-electron chi connectivity index (χ4n) is 0.726. The molecule has 0 saturated carbocycles. The molecule has 9 heavy (non-hydrogen) atoms. The minimum Gasteiger partial charge on any atom is -0.328 e. The lowest BCUT2D eigenvalue weighted by atomic mass is 10.1. The third-order valence-electron chi connectivity index (χ3n) is 1.26. The van der Waals surface area contributed by atoms with E-state index >= 15 is 0 Å². The SMILES string of the molecule is C=C(C)CCCC(C)N. The number of allylic oxidation sites excluding steroid dienone is 1. The van der Waals surface area contributed by atoms with E-state index in [1.165, 1.54) is 12.0 Å². The minimum absolute atomic E-state index is 0.351. The van der Waals surface area contributed by atoms with Gasteiger partial charge < -0.3 is 5.73 Å². The third kappa shape index (κ3) is 7.70. The molecule has 0 rings (SSSR count). The van der Waals surface area contributed by atoms with Crippen LogP contribution in [0.1, 0.15) is 33.1 Å². The Labute approximate surface area is 57.9 Å². The summed E-state index contributed by atoms with van der Waals surface area (Å²) in [6.07, 6.45) is 3.43. The van der Waals surface area contributed by atoms with Gasteiger partial charge in [0.15, 0.2) is 0 Å². The van der Waals surface area contributed by atoms with Gasteiger partial charge in [0.05, 0.1) is 0 Å². The Morgan fingerprint density at radius 2 is 2.22 bits per heavy atom. The van der Waals surface area contributed by atoms with Crippen LogP contribution in [0.25, 0.3) is 0 Å². The molecule has 1 atom stereocenters. The lowest BCUT2D eigenvalue weighted by Gasteiger charge is -2.02. The van der Waals surface area contributed by atoms with E-state index in [4.69, 9.17) is 5.73 Å². The van der Waals surface area contributed by atoms with E-state index in [9.17, 15) is 0 Å². The van der Waals surface area contributed by atoms with Gasteiger partial charge in [-0.3, -0.25) is 0 Å². The number of hydrogen-bond acceptors (Lipinski definition) is 1. The molecule has 0 fully saturated rings. The molecule has 0 aliphatic carbocycles. The highest BCUT2D eigenvalue weighted by molar-refractivity contribution is 4.87. The van der Waals surface area contributed by atoms with Crippen molar-refractivity contribution >= 4 is 0 Å². The molecule has 1 unspecified atom stereocenters. The predicted molar refractivity (Wildman–Crippen MR) is 42.3 cm³/mol. The van der Waals surface area contributed by atoms with Crippen molar-refractivity contribution in [2.75, 3.05) is 0 Å². The lowest BCUT2D eigenvalue weighted by molar-refractivity contribution is 0.623. The van der Waals surface area contributed by atoms with Crippen molar-refractivity contribution in [1.29, 1.82) is 0 Å². The summed E-state index contributed by atoms with van der Waals surface area (Å²) in [5.41, 5.74) is 6.81. The van der Waals surface area contributed by atoms with E-state index in [1.807, 2.05) is 6.92 Å². The maximum atomic E-state index is 5.55. The van der Waals surface area contributed by atoms with Crippen LogP contribution in [0.15, 0.2) is 12.2 Å². The molecule has 0 saturated heterocycles. The maximum absolute atomic E-state index is 5.55. The largest absolute Gasteiger partial charge is 0.328 e. The monoisotopic (exact) mass is 127 g/mol. The normalized spacial score (nSPS) is 13.2. The van der Waals surface area contributed by atoms with Crippen LogP contribution >= 0.6 is 0 Å². The summed E-state index contributed by atoms with van der Waals surface area (Å²) in [5.74, 6) is 0. The summed E-state index contributed by atoms with van der Waals surface area (Å²) in [5, 5.41) is 0. The van der Waals surface area contributed by atoms with Crippen LogP contribution in [0, 0.1) is 0 Å². The van der Waals surface area contributed by atoms with Crippen LogP contribution in [0.3, 0.4) is 0 Å². The highest BCUT2D eigenvalue weighted by Gasteiger charge is 1.92. The van der Waals surface area contributed by atoms with Crippen LogP contribution in [0.2, 0.25) is 0 Å². The Morgan fingerprint density at radius 1 is 1.67 bits per heavy atom. The molecular weight excluding hydrogens is 110 g/mol. The van der Waals surface area contributed by atoms with Crippen LogP contribution in [0.5, 0.6) is 0 Å². The zero-order valence-corrected chi connectivity index (χ0v) is 6.48. The predicted octanol–water partition coefficient (Wildman–Crippen LogP) is 2.08. The molecule has 0 amide bonds. The average Bonchev–Trinajstić information content (AvgIpc) is 1.63. The van der Waals surface area contributed by atoms with E-state index < -0.39 is 0 Å². The van der Waals surface area contributed by atoms with Crippen molar-refractivity contribution in [3.63, 3.8) is 0 Å². The van der Waals surface area contributed by atoms with Gasteiger partial charge in [-0.25, -0.2) is 0 Å². The molecule has 54 valence electrons. The molecule has 0 heterocycles. The van der Waals surface area contributed by atoms with Crippen molar-refractivity contribution in [3.8, 4) is 0 Å². The van der Waals surface area contributed by atoms with Crippen LogP contribution in [-0.2, 0) is 0 Å². The van der Waals surface area contributed by atoms with Gasteiger partial charge in [-0.05, 0) is 33.1 Å². The number of nitrogens with two attached hydrogens (primary N) is 1. The fraction of sp³-hybridized carbons (Fsp3) is 0.750. The van der Waals surface area contributed by atoms with Crippen LogP contribution < -0.4 is 5.73 Å². The van der Waals surface area contributed by atoms with Gasteiger partial charge in [-0.15, -0.1) is 6.58 Å². The summed E-state index contributed by atoms with van der Waals surface area (Å²) < 4.78 is 0. The summed E-state index contributed by atoms with van der Waals surface area (Å²) in [7, 11) is 0. The first-order chi connectivity index (χ1) is 4.13. The highest BCUT2D eigenvalue weighted by atomic mass is 14.6. The maximum Gasteiger partial charge on any atom is 0.00105 e. The van der Waals surface area contributed by atoms with E-state index in [2.05, 4.69) is 13.5 Å². The smallest absolute Gasteiger partial charge is 0.00105 e. The molecule has 1 nitrogen and oxygen atoms in total. The first kappa shape index (κ1) is 8.70. The molecule has 1 heteroatoms. The van der Waals surface area contributed by atoms with Crippen molar-refractivity contribution in [3.05, 3.63) is 12.2 Å². The lowest BCUT2D eigenvalue weighted by Crippen LogP contribution is -2.13. The van der Waals surface area contributed by atoms with Gasteiger partial charge in [0.25, 0.3) is 0 Å². The van der Waals surface area contributed by atoms with Gasteiger partial charge in [0.1, 0.15) is 0 Å². The van der Waals surface area contributed by atoms with Crippen molar-refractivity contribution < 1.29 is 0 Å². The first-order valence-electron chi connectivity index (χ1n) is 3.53. The van der Waals surface area contributed by atoms with Crippen molar-refractivity contribution in [2.24, 2.45) is 5.73 Å². The summed E-state index contributed by atoms with van der Waals surface area (Å²) in [4.78, 5) is 0. The zero-order valence-electron chi connectivity index (χ0n) is 6.48. The summed E-state index contributed by atoms with van der Waals surface area (Å²) in [6, 6.07) is 0.351. The second-order valence-electron chi connectivity index (χ2n) is 2.83. The molecule has 0 spiro atoms. The van der Waals surface area contributed by atoms with E-state index in [1.54, 1.807) is 0 Å². The first-order valence-corrected chi connectivity index (χ1v) is 3.53. The molecule has 0 aromatic carbocycles. The summed E-state index contributed by atoms with van der Waals surface area (Å²) >= 11 is 0. The topological polar surface area (TPSA) is 26.0 Å². The Kier molecular flexibility index (Phi) is 4.41. The fourth-order valence-corrected chi connectivity index (χ4v) is 0.726. The molecular formula is C8H17N. The molecule has 0 radical (unpaired) electrons. The molecule has 0 aliphatic heterocycles. The average molecular weight is 127 g/mol. The van der Waals surface area contributed by atoms with Crippen LogP contribution in [-0.4, -0.2) is 6.04 Å². The second kappa shape index (κ2) is 4.57. The Hall–Kier alpha value is -0.300. The minimum atomic E-state index is 0.351. The molecule has 0 aromatic heterocycles. The molecule has 0 aliphatic rings. The zero-order chi connectivity index (χ0) is 7.28. The van der Waals surface area contributed by atoms with Gasteiger partial charge in [0, 0.05) is 6.04 Å². The highest BCUT2D eigenvalue weighted by Crippen LogP contribution is 2.04. The number of rotatable bonds is 4. The van der Waals surface area contributed by atoms with Gasteiger partial charge in [-0.2, -0.15) is 0 Å². The Balaban J connectivity index is 3.01. The number of hydrogen-bond donors (Lipinski definition) is 1. The quantitative estimate of drug-likeness (QED) is 0.575. The van der Waals surface area contributed by atoms with Crippen molar-refractivity contribution in [1.82, 2.24) is 0 Å². The van der Waals surface area contributed by atoms with E-state index in [-0.39, 0.29) is 0 Å². The summed E-state index contributed by atoms with van der Waals surface area (Å²) in [6.45, 7) is 7.91. The molecule has 0 bridgehead atoms. The molecule has 2 N–H and O–H groups in total. The second-order valence-corrected chi connectivity index (χ2v) is 2.83. The van der Waals surface area contributed by atoms with Gasteiger partial charge in [-0.1, -0.05) is 5.57 Å². The molecule has 0 aromatic rings. The van der Waals surface area contributed by atoms with Gasteiger partial charge >= 0.3 is 0 Å². The van der Waals surface area contributed by atoms with Crippen molar-refractivity contribution in [2.45, 2.75) is 39.2 Å². The Bertz CT molecular complexity index is 84.6. The van der Waals surface area contributed by atoms with E-state index in [0.29, 0.717) is 6.04 Å². The Morgan fingerprint density at radius 3 is 2.56 bits per heavy atom. The third-order valence-corrected chi connectivity index (χ3v) is 1.26. The van der Waals surface area contributed by atoms with Gasteiger partial charge in [0.2, 0.25) is 0 Å². The standard InChI is InChI=1S/C8H17N/c1-7(2)5-4-6-8(3)9/h8H,1,4-6,9H2,2-3H3. The van der Waals surface area contributed by atoms with Crippen LogP contribution in [0.4, 0.5) is 0 Å². The van der Waals surface area contributed by atoms with E-state index in [0.717, 1.165) is 12.8 Å².